The standard InChI is InChI=1S/C11H13N3O3/c1-17-6-5-14(8-10(15)16)11-9(7-12)3-2-4-13-11/h2-4H,5-6,8H2,1H3,(H,15,16). The molecule has 0 aromatic carbocycles. The summed E-state index contributed by atoms with van der Waals surface area (Å²) in [6, 6.07) is 5.23. The van der Waals surface area contributed by atoms with Crippen molar-refractivity contribution in [2.75, 3.05) is 31.7 Å². The van der Waals surface area contributed by atoms with Gasteiger partial charge in [-0.1, -0.05) is 0 Å². The average molecular weight is 235 g/mol. The van der Waals surface area contributed by atoms with E-state index in [9.17, 15) is 4.79 Å². The first-order chi connectivity index (χ1) is 8.19. The second kappa shape index (κ2) is 6.45. The first-order valence-corrected chi connectivity index (χ1v) is 5.00. The highest BCUT2D eigenvalue weighted by Crippen LogP contribution is 2.15. The highest BCUT2D eigenvalue weighted by Gasteiger charge is 2.15. The van der Waals surface area contributed by atoms with Crippen LogP contribution in [0.3, 0.4) is 0 Å². The second-order valence-corrected chi connectivity index (χ2v) is 3.29. The Balaban J connectivity index is 2.95. The van der Waals surface area contributed by atoms with Crippen molar-refractivity contribution in [3.8, 4) is 6.07 Å². The predicted octanol–water partition coefficient (Wildman–Crippen LogP) is 0.491. The van der Waals surface area contributed by atoms with Gasteiger partial charge in [-0.05, 0) is 12.1 Å². The summed E-state index contributed by atoms with van der Waals surface area (Å²) in [5, 5.41) is 17.7. The molecule has 90 valence electrons. The summed E-state index contributed by atoms with van der Waals surface area (Å²) in [7, 11) is 1.53. The number of nitrogens with zero attached hydrogens (tertiary/aromatic N) is 3. The maximum atomic E-state index is 10.8. The summed E-state index contributed by atoms with van der Waals surface area (Å²) in [4.78, 5) is 16.3. The van der Waals surface area contributed by atoms with Crippen LogP contribution in [0.2, 0.25) is 0 Å². The van der Waals surface area contributed by atoms with Crippen molar-refractivity contribution in [2.24, 2.45) is 0 Å². The van der Waals surface area contributed by atoms with Gasteiger partial charge in [-0.15, -0.1) is 0 Å². The first-order valence-electron chi connectivity index (χ1n) is 5.00. The highest BCUT2D eigenvalue weighted by atomic mass is 16.5. The number of methoxy groups -OCH3 is 1. The van der Waals surface area contributed by atoms with E-state index >= 15 is 0 Å². The lowest BCUT2D eigenvalue weighted by Gasteiger charge is -2.21. The lowest BCUT2D eigenvalue weighted by atomic mass is 10.2. The van der Waals surface area contributed by atoms with Gasteiger partial charge in [0.15, 0.2) is 0 Å². The molecular weight excluding hydrogens is 222 g/mol. The van der Waals surface area contributed by atoms with Crippen LogP contribution in [-0.2, 0) is 9.53 Å². The minimum atomic E-state index is -0.976. The zero-order valence-electron chi connectivity index (χ0n) is 9.46. The summed E-state index contributed by atoms with van der Waals surface area (Å²) < 4.78 is 4.90. The fourth-order valence-corrected chi connectivity index (χ4v) is 1.36. The molecule has 0 amide bonds. The first kappa shape index (κ1) is 12.9. The smallest absolute Gasteiger partial charge is 0.323 e. The van der Waals surface area contributed by atoms with Crippen LogP contribution in [0.15, 0.2) is 18.3 Å². The molecule has 0 bridgehead atoms. The Morgan fingerprint density at radius 2 is 2.47 bits per heavy atom. The fraction of sp³-hybridized carbons (Fsp3) is 0.364. The number of ether oxygens (including phenoxy) is 1. The largest absolute Gasteiger partial charge is 0.480 e. The van der Waals surface area contributed by atoms with Gasteiger partial charge in [-0.2, -0.15) is 5.26 Å². The van der Waals surface area contributed by atoms with E-state index in [0.717, 1.165) is 0 Å². The molecule has 0 aliphatic heterocycles. The Hall–Kier alpha value is -2.13. The molecule has 1 rings (SSSR count). The van der Waals surface area contributed by atoms with Gasteiger partial charge in [0.2, 0.25) is 0 Å². The van der Waals surface area contributed by atoms with Crippen molar-refractivity contribution in [2.45, 2.75) is 0 Å². The van der Waals surface area contributed by atoms with Crippen molar-refractivity contribution < 1.29 is 14.6 Å². The van der Waals surface area contributed by atoms with E-state index in [-0.39, 0.29) is 6.54 Å². The van der Waals surface area contributed by atoms with Crippen LogP contribution in [0.1, 0.15) is 5.56 Å². The summed E-state index contributed by atoms with van der Waals surface area (Å²) in [6.07, 6.45) is 1.53. The molecule has 1 heterocycles. The van der Waals surface area contributed by atoms with Crippen LogP contribution in [0.25, 0.3) is 0 Å². The van der Waals surface area contributed by atoms with Gasteiger partial charge in [0.25, 0.3) is 0 Å². The molecule has 0 saturated heterocycles. The van der Waals surface area contributed by atoms with E-state index in [4.69, 9.17) is 15.1 Å². The van der Waals surface area contributed by atoms with E-state index in [1.807, 2.05) is 6.07 Å². The number of carboxylic acid groups (broad SMARTS) is 1. The number of aliphatic carboxylic acids is 1. The number of pyridine rings is 1. The van der Waals surface area contributed by atoms with E-state index in [1.165, 1.54) is 18.2 Å². The molecule has 1 aromatic heterocycles. The lowest BCUT2D eigenvalue weighted by molar-refractivity contribution is -0.135. The molecule has 0 unspecified atom stereocenters. The van der Waals surface area contributed by atoms with Crippen LogP contribution < -0.4 is 4.90 Å². The third-order valence-corrected chi connectivity index (χ3v) is 2.10. The molecule has 1 N–H and O–H groups in total. The molecule has 0 radical (unpaired) electrons. The monoisotopic (exact) mass is 235 g/mol. The molecule has 0 fully saturated rings. The van der Waals surface area contributed by atoms with Gasteiger partial charge < -0.3 is 14.7 Å². The minimum Gasteiger partial charge on any atom is -0.480 e. The third-order valence-electron chi connectivity index (χ3n) is 2.10. The summed E-state index contributed by atoms with van der Waals surface area (Å²) >= 11 is 0. The van der Waals surface area contributed by atoms with Crippen molar-refractivity contribution in [1.82, 2.24) is 4.98 Å². The Bertz CT molecular complexity index is 428. The fourth-order valence-electron chi connectivity index (χ4n) is 1.36. The average Bonchev–Trinajstić information content (AvgIpc) is 2.34. The van der Waals surface area contributed by atoms with Gasteiger partial charge in [-0.3, -0.25) is 4.79 Å². The third kappa shape index (κ3) is 3.74. The van der Waals surface area contributed by atoms with Gasteiger partial charge in [0.05, 0.1) is 12.2 Å². The number of aromatic nitrogens is 1. The molecule has 0 aliphatic carbocycles. The quantitative estimate of drug-likeness (QED) is 0.772. The number of carboxylic acids is 1. The molecule has 0 spiro atoms. The molecule has 1 aromatic rings. The Morgan fingerprint density at radius 1 is 1.71 bits per heavy atom. The van der Waals surface area contributed by atoms with E-state index in [2.05, 4.69) is 4.98 Å². The van der Waals surface area contributed by atoms with E-state index in [1.54, 1.807) is 12.1 Å². The van der Waals surface area contributed by atoms with Crippen LogP contribution >= 0.6 is 0 Å². The Kier molecular flexibility index (Phi) is 4.91. The van der Waals surface area contributed by atoms with Crippen molar-refractivity contribution in [3.63, 3.8) is 0 Å². The number of nitriles is 1. The molecule has 0 aliphatic rings. The maximum absolute atomic E-state index is 10.8. The maximum Gasteiger partial charge on any atom is 0.323 e. The van der Waals surface area contributed by atoms with Gasteiger partial charge >= 0.3 is 5.97 Å². The lowest BCUT2D eigenvalue weighted by Crippen LogP contribution is -2.33. The van der Waals surface area contributed by atoms with Crippen LogP contribution in [-0.4, -0.2) is 42.9 Å². The minimum absolute atomic E-state index is 0.213. The van der Waals surface area contributed by atoms with Gasteiger partial charge in [-0.25, -0.2) is 4.98 Å². The number of anilines is 1. The number of rotatable bonds is 6. The topological polar surface area (TPSA) is 86.4 Å². The highest BCUT2D eigenvalue weighted by molar-refractivity contribution is 5.74. The van der Waals surface area contributed by atoms with Crippen LogP contribution in [0.5, 0.6) is 0 Å². The molecule has 0 saturated carbocycles. The molecule has 6 nitrogen and oxygen atoms in total. The van der Waals surface area contributed by atoms with Crippen LogP contribution in [0, 0.1) is 11.3 Å². The zero-order valence-corrected chi connectivity index (χ0v) is 9.46. The van der Waals surface area contributed by atoms with Gasteiger partial charge in [0, 0.05) is 19.9 Å². The Labute approximate surface area is 99.1 Å². The summed E-state index contributed by atoms with van der Waals surface area (Å²) in [6.45, 7) is 0.526. The number of hydrogen-bond acceptors (Lipinski definition) is 5. The normalized spacial score (nSPS) is 9.65. The summed E-state index contributed by atoms with van der Waals surface area (Å²) in [5.41, 5.74) is 0.352. The van der Waals surface area contributed by atoms with E-state index in [0.29, 0.717) is 24.5 Å². The SMILES string of the molecule is COCCN(CC(=O)O)c1ncccc1C#N. The summed E-state index contributed by atoms with van der Waals surface area (Å²) in [5.74, 6) is -0.606. The number of hydrogen-bond donors (Lipinski definition) is 1. The Morgan fingerprint density at radius 3 is 3.06 bits per heavy atom. The molecule has 17 heavy (non-hydrogen) atoms. The molecule has 6 heteroatoms. The second-order valence-electron chi connectivity index (χ2n) is 3.29. The van der Waals surface area contributed by atoms with Crippen LogP contribution in [0.4, 0.5) is 5.82 Å². The molecule has 0 atom stereocenters. The van der Waals surface area contributed by atoms with Gasteiger partial charge in [0.1, 0.15) is 18.4 Å². The van der Waals surface area contributed by atoms with Crippen molar-refractivity contribution in [3.05, 3.63) is 23.9 Å². The molecular formula is C11H13N3O3. The van der Waals surface area contributed by atoms with Crippen molar-refractivity contribution in [1.29, 1.82) is 5.26 Å². The zero-order chi connectivity index (χ0) is 12.7. The number of carbonyl (C=O) groups is 1. The predicted molar refractivity (Wildman–Crippen MR) is 60.7 cm³/mol. The van der Waals surface area contributed by atoms with E-state index < -0.39 is 5.97 Å². The van der Waals surface area contributed by atoms with Crippen molar-refractivity contribution >= 4 is 11.8 Å².